The third-order valence-electron chi connectivity index (χ3n) is 4.40. The van der Waals surface area contributed by atoms with Gasteiger partial charge >= 0.3 is 0 Å². The van der Waals surface area contributed by atoms with Crippen molar-refractivity contribution in [2.75, 3.05) is 28.3 Å². The summed E-state index contributed by atoms with van der Waals surface area (Å²) in [6, 6.07) is 10.2. The first-order valence-corrected chi connectivity index (χ1v) is 10.6. The van der Waals surface area contributed by atoms with E-state index in [9.17, 15) is 13.2 Å². The van der Waals surface area contributed by atoms with Gasteiger partial charge in [-0.05, 0) is 43.7 Å². The minimum Gasteiger partial charge on any atom is -0.367 e. The molecule has 0 spiro atoms. The van der Waals surface area contributed by atoms with Crippen LogP contribution in [0, 0.1) is 0 Å². The van der Waals surface area contributed by atoms with Crippen LogP contribution in [-0.4, -0.2) is 43.4 Å². The fraction of sp³-hybridized carbons (Fsp3) is 0.333. The van der Waals surface area contributed by atoms with E-state index in [1.807, 2.05) is 17.9 Å². The summed E-state index contributed by atoms with van der Waals surface area (Å²) in [4.78, 5) is 18.6. The molecule has 0 aliphatic carbocycles. The lowest BCUT2D eigenvalue weighted by Crippen LogP contribution is -2.36. The Kier molecular flexibility index (Phi) is 5.48. The summed E-state index contributed by atoms with van der Waals surface area (Å²) in [6.07, 6.45) is 2.28. The number of rotatable bonds is 5. The molecular formula is C18H20ClN3O3S. The van der Waals surface area contributed by atoms with Gasteiger partial charge in [0.05, 0.1) is 23.4 Å². The standard InChI is InChI=1S/C18H20ClN3O3S/c1-2-22(16-8-9-26(24,25)12-16)15-6-7-17(20-11-15)21-18(23)13-4-3-5-14(19)10-13/h3-7,10-11,16H,2,8-9,12H2,1H3,(H,20,21,23). The summed E-state index contributed by atoms with van der Waals surface area (Å²) in [6.45, 7) is 2.68. The quantitative estimate of drug-likeness (QED) is 0.844. The Morgan fingerprint density at radius 1 is 1.35 bits per heavy atom. The van der Waals surface area contributed by atoms with Crippen LogP contribution in [0.3, 0.4) is 0 Å². The van der Waals surface area contributed by atoms with Gasteiger partial charge in [0, 0.05) is 23.2 Å². The van der Waals surface area contributed by atoms with Gasteiger partial charge in [-0.1, -0.05) is 17.7 Å². The summed E-state index contributed by atoms with van der Waals surface area (Å²) in [5.41, 5.74) is 1.30. The predicted molar refractivity (Wildman–Crippen MR) is 104 cm³/mol. The van der Waals surface area contributed by atoms with Crippen LogP contribution in [0.5, 0.6) is 0 Å². The van der Waals surface area contributed by atoms with Gasteiger partial charge in [0.25, 0.3) is 5.91 Å². The maximum Gasteiger partial charge on any atom is 0.256 e. The van der Waals surface area contributed by atoms with Crippen molar-refractivity contribution < 1.29 is 13.2 Å². The molecule has 1 fully saturated rings. The molecule has 8 heteroatoms. The van der Waals surface area contributed by atoms with Crippen molar-refractivity contribution in [3.63, 3.8) is 0 Å². The molecule has 1 saturated heterocycles. The largest absolute Gasteiger partial charge is 0.367 e. The van der Waals surface area contributed by atoms with Gasteiger partial charge in [-0.2, -0.15) is 0 Å². The first kappa shape index (κ1) is 18.7. The van der Waals surface area contributed by atoms with Crippen LogP contribution in [0.2, 0.25) is 5.02 Å². The van der Waals surface area contributed by atoms with E-state index in [4.69, 9.17) is 11.6 Å². The van der Waals surface area contributed by atoms with Crippen molar-refractivity contribution >= 4 is 38.9 Å². The fourth-order valence-corrected chi connectivity index (χ4v) is 5.04. The van der Waals surface area contributed by atoms with Crippen LogP contribution in [0.4, 0.5) is 11.5 Å². The molecule has 2 heterocycles. The van der Waals surface area contributed by atoms with E-state index in [-0.39, 0.29) is 23.5 Å². The van der Waals surface area contributed by atoms with Crippen molar-refractivity contribution in [2.45, 2.75) is 19.4 Å². The highest BCUT2D eigenvalue weighted by atomic mass is 35.5. The molecule has 26 heavy (non-hydrogen) atoms. The number of carbonyl (C=O) groups excluding carboxylic acids is 1. The summed E-state index contributed by atoms with van der Waals surface area (Å²) in [7, 11) is -2.95. The predicted octanol–water partition coefficient (Wildman–Crippen LogP) is 3.00. The molecule has 1 aromatic heterocycles. The van der Waals surface area contributed by atoms with Gasteiger partial charge in [-0.15, -0.1) is 0 Å². The van der Waals surface area contributed by atoms with Crippen LogP contribution in [-0.2, 0) is 9.84 Å². The molecule has 1 aromatic carbocycles. The van der Waals surface area contributed by atoms with Gasteiger partial charge in [0.15, 0.2) is 9.84 Å². The lowest BCUT2D eigenvalue weighted by Gasteiger charge is -2.28. The first-order chi connectivity index (χ1) is 12.4. The number of anilines is 2. The molecular weight excluding hydrogens is 374 g/mol. The Morgan fingerprint density at radius 3 is 2.73 bits per heavy atom. The van der Waals surface area contributed by atoms with E-state index >= 15 is 0 Å². The number of carbonyl (C=O) groups is 1. The van der Waals surface area contributed by atoms with Crippen LogP contribution in [0.1, 0.15) is 23.7 Å². The Hall–Kier alpha value is -2.12. The average Bonchev–Trinajstić information content (AvgIpc) is 2.96. The molecule has 1 aliphatic rings. The van der Waals surface area contributed by atoms with Crippen molar-refractivity contribution in [1.29, 1.82) is 0 Å². The zero-order chi connectivity index (χ0) is 18.7. The lowest BCUT2D eigenvalue weighted by atomic mass is 10.2. The molecule has 0 bridgehead atoms. The highest BCUT2D eigenvalue weighted by molar-refractivity contribution is 7.91. The second-order valence-electron chi connectivity index (χ2n) is 6.21. The smallest absolute Gasteiger partial charge is 0.256 e. The highest BCUT2D eigenvalue weighted by Gasteiger charge is 2.31. The first-order valence-electron chi connectivity index (χ1n) is 8.38. The minimum atomic E-state index is -2.95. The second-order valence-corrected chi connectivity index (χ2v) is 8.87. The van der Waals surface area contributed by atoms with E-state index in [1.165, 1.54) is 0 Å². The molecule has 1 N–H and O–H groups in total. The molecule has 1 aliphatic heterocycles. The monoisotopic (exact) mass is 393 g/mol. The number of benzene rings is 1. The fourth-order valence-electron chi connectivity index (χ4n) is 3.12. The lowest BCUT2D eigenvalue weighted by molar-refractivity contribution is 0.102. The third kappa shape index (κ3) is 4.34. The van der Waals surface area contributed by atoms with E-state index in [2.05, 4.69) is 10.3 Å². The molecule has 0 saturated carbocycles. The highest BCUT2D eigenvalue weighted by Crippen LogP contribution is 2.24. The summed E-state index contributed by atoms with van der Waals surface area (Å²) >= 11 is 5.90. The molecule has 138 valence electrons. The molecule has 1 unspecified atom stereocenters. The zero-order valence-electron chi connectivity index (χ0n) is 14.4. The van der Waals surface area contributed by atoms with Crippen molar-refractivity contribution in [1.82, 2.24) is 4.98 Å². The van der Waals surface area contributed by atoms with Gasteiger partial charge < -0.3 is 10.2 Å². The number of nitrogens with zero attached hydrogens (tertiary/aromatic N) is 2. The number of amides is 1. The van der Waals surface area contributed by atoms with Gasteiger partial charge in [0.2, 0.25) is 0 Å². The number of halogens is 1. The summed E-state index contributed by atoms with van der Waals surface area (Å²) < 4.78 is 23.5. The molecule has 6 nitrogen and oxygen atoms in total. The van der Waals surface area contributed by atoms with Crippen molar-refractivity contribution in [2.24, 2.45) is 0 Å². The van der Waals surface area contributed by atoms with Gasteiger partial charge in [-0.3, -0.25) is 4.79 Å². The maximum absolute atomic E-state index is 12.2. The number of hydrogen-bond donors (Lipinski definition) is 1. The Labute approximate surface area is 158 Å². The second kappa shape index (κ2) is 7.63. The normalized spacial score (nSPS) is 18.5. The van der Waals surface area contributed by atoms with Crippen LogP contribution in [0.25, 0.3) is 0 Å². The Bertz CT molecular complexity index is 900. The number of nitrogens with one attached hydrogen (secondary N) is 1. The molecule has 1 amide bonds. The van der Waals surface area contributed by atoms with Crippen molar-refractivity contribution in [3.05, 3.63) is 53.2 Å². The van der Waals surface area contributed by atoms with E-state index in [1.54, 1.807) is 36.5 Å². The number of hydrogen-bond acceptors (Lipinski definition) is 5. The molecule has 3 rings (SSSR count). The Balaban J connectivity index is 1.70. The van der Waals surface area contributed by atoms with Crippen LogP contribution >= 0.6 is 11.6 Å². The minimum absolute atomic E-state index is 0.0290. The van der Waals surface area contributed by atoms with Crippen LogP contribution < -0.4 is 10.2 Å². The maximum atomic E-state index is 12.2. The third-order valence-corrected chi connectivity index (χ3v) is 6.38. The molecule has 2 aromatic rings. The summed E-state index contributed by atoms with van der Waals surface area (Å²) in [5, 5.41) is 3.22. The van der Waals surface area contributed by atoms with E-state index in [0.29, 0.717) is 29.4 Å². The average molecular weight is 394 g/mol. The number of sulfone groups is 1. The van der Waals surface area contributed by atoms with Gasteiger partial charge in [0.1, 0.15) is 5.82 Å². The number of pyridine rings is 1. The van der Waals surface area contributed by atoms with Crippen LogP contribution in [0.15, 0.2) is 42.6 Å². The van der Waals surface area contributed by atoms with E-state index in [0.717, 1.165) is 5.69 Å². The Morgan fingerprint density at radius 2 is 2.15 bits per heavy atom. The molecule has 0 radical (unpaired) electrons. The summed E-state index contributed by atoms with van der Waals surface area (Å²) in [5.74, 6) is 0.541. The topological polar surface area (TPSA) is 79.4 Å². The zero-order valence-corrected chi connectivity index (χ0v) is 15.9. The van der Waals surface area contributed by atoms with Gasteiger partial charge in [-0.25, -0.2) is 13.4 Å². The molecule has 1 atom stereocenters. The van der Waals surface area contributed by atoms with E-state index < -0.39 is 9.84 Å². The van der Waals surface area contributed by atoms with Crippen molar-refractivity contribution in [3.8, 4) is 0 Å². The SMILES string of the molecule is CCN(c1ccc(NC(=O)c2cccc(Cl)c2)nc1)C1CCS(=O)(=O)C1. The number of aromatic nitrogens is 1.